The topological polar surface area (TPSA) is 228 Å². The normalized spacial score (nSPS) is 24.7. The molecule has 14 nitrogen and oxygen atoms in total. The van der Waals surface area contributed by atoms with Gasteiger partial charge in [0.15, 0.2) is 12.6 Å². The first-order valence-electron chi connectivity index (χ1n) is 31.9. The third kappa shape index (κ3) is 38.3. The summed E-state index contributed by atoms with van der Waals surface area (Å²) in [4.78, 5) is 13.2. The summed E-state index contributed by atoms with van der Waals surface area (Å²) in [5, 5.41) is 86.8. The lowest BCUT2D eigenvalue weighted by Gasteiger charge is -2.46. The molecule has 0 spiro atoms. The predicted molar refractivity (Wildman–Crippen MR) is 345 cm³/mol. The van der Waals surface area contributed by atoms with Crippen LogP contribution in [0.25, 0.3) is 0 Å². The molecule has 2 rings (SSSR count). The van der Waals surface area contributed by atoms with Crippen LogP contribution in [0.4, 0.5) is 0 Å². The van der Waals surface area contributed by atoms with Gasteiger partial charge in [0.25, 0.3) is 0 Å². The number of rotatable bonds is 48. The van der Waals surface area contributed by atoms with Crippen molar-refractivity contribution in [3.05, 3.63) is 170 Å². The molecule has 2 heterocycles. The molecule has 0 radical (unpaired) electrons. The second kappa shape index (κ2) is 53.6. The second-order valence-electron chi connectivity index (χ2n) is 21.4. The number of hydrogen-bond acceptors (Lipinski definition) is 13. The number of nitrogens with one attached hydrogen (secondary N) is 1. The summed E-state index contributed by atoms with van der Waals surface area (Å²) in [6.07, 6.45) is 67.2. The highest BCUT2D eigenvalue weighted by Gasteiger charge is 2.51. The van der Waals surface area contributed by atoms with Gasteiger partial charge in [-0.2, -0.15) is 0 Å². The van der Waals surface area contributed by atoms with Crippen molar-refractivity contribution in [1.82, 2.24) is 5.32 Å². The lowest BCUT2D eigenvalue weighted by atomic mass is 9.97. The minimum absolute atomic E-state index is 0.245. The Bertz CT molecular complexity index is 2080. The summed E-state index contributed by atoms with van der Waals surface area (Å²) in [5.41, 5.74) is 0. The number of aliphatic hydroxyl groups excluding tert-OH is 8. The summed E-state index contributed by atoms with van der Waals surface area (Å²) in [5.74, 6) is -0.276. The van der Waals surface area contributed by atoms with Crippen molar-refractivity contribution in [2.24, 2.45) is 0 Å². The highest BCUT2D eigenvalue weighted by molar-refractivity contribution is 5.76. The van der Waals surface area contributed by atoms with E-state index in [9.17, 15) is 45.6 Å². The Hall–Kier alpha value is -4.65. The molecule has 9 N–H and O–H groups in total. The van der Waals surface area contributed by atoms with E-state index >= 15 is 0 Å². The van der Waals surface area contributed by atoms with Crippen LogP contribution in [0.3, 0.4) is 0 Å². The molecule has 2 aliphatic rings. The smallest absolute Gasteiger partial charge is 0.220 e. The summed E-state index contributed by atoms with van der Waals surface area (Å²) in [7, 11) is 0. The summed E-state index contributed by atoms with van der Waals surface area (Å²) in [6, 6.07) is -0.955. The Balaban J connectivity index is 1.61. The molecular formula is C71H111NO13. The molecule has 0 aromatic carbocycles. The molecule has 2 aliphatic heterocycles. The van der Waals surface area contributed by atoms with Crippen LogP contribution in [0, 0.1) is 0 Å². The first kappa shape index (κ1) is 76.4. The molecule has 2 saturated heterocycles. The van der Waals surface area contributed by atoms with Crippen LogP contribution in [0.2, 0.25) is 0 Å². The minimum Gasteiger partial charge on any atom is -0.394 e. The van der Waals surface area contributed by atoms with Crippen molar-refractivity contribution < 1.29 is 64.6 Å². The fourth-order valence-electron chi connectivity index (χ4n) is 9.10. The maximum absolute atomic E-state index is 13.2. The number of carbonyl (C=O) groups is 1. The van der Waals surface area contributed by atoms with Crippen molar-refractivity contribution >= 4 is 5.91 Å². The van der Waals surface area contributed by atoms with Crippen LogP contribution in [0.1, 0.15) is 174 Å². The quantitative estimate of drug-likeness (QED) is 0.0204. The fourth-order valence-corrected chi connectivity index (χ4v) is 9.10. The Kier molecular flexibility index (Phi) is 48.2. The van der Waals surface area contributed by atoms with Gasteiger partial charge in [0.1, 0.15) is 48.8 Å². The Morgan fingerprint density at radius 3 is 1.25 bits per heavy atom. The molecule has 1 amide bonds. The molecule has 85 heavy (non-hydrogen) atoms. The van der Waals surface area contributed by atoms with Crippen molar-refractivity contribution in [2.45, 2.75) is 248 Å². The minimum atomic E-state index is -1.80. The monoisotopic (exact) mass is 1190 g/mol. The number of amides is 1. The van der Waals surface area contributed by atoms with Crippen LogP contribution >= 0.6 is 0 Å². The van der Waals surface area contributed by atoms with E-state index in [4.69, 9.17) is 18.9 Å². The predicted octanol–water partition coefficient (Wildman–Crippen LogP) is 12.1. The van der Waals surface area contributed by atoms with Gasteiger partial charge in [0.2, 0.25) is 5.91 Å². The van der Waals surface area contributed by atoms with Crippen molar-refractivity contribution in [1.29, 1.82) is 0 Å². The van der Waals surface area contributed by atoms with E-state index in [1.165, 1.54) is 0 Å². The maximum Gasteiger partial charge on any atom is 0.220 e. The molecule has 0 aromatic heterocycles. The summed E-state index contributed by atoms with van der Waals surface area (Å²) in [6.45, 7) is 2.48. The zero-order valence-corrected chi connectivity index (χ0v) is 51.5. The first-order valence-corrected chi connectivity index (χ1v) is 31.9. The van der Waals surface area contributed by atoms with Crippen LogP contribution in [-0.4, -0.2) is 140 Å². The van der Waals surface area contributed by atoms with Gasteiger partial charge in [0, 0.05) is 6.42 Å². The standard InChI is InChI=1S/C71H111NO13/c1-3-5-7-9-11-13-15-16-17-18-19-20-21-22-23-24-25-26-27-28-29-30-31-32-33-34-35-36-37-38-39-40-41-42-43-44-45-47-49-51-53-55-63(76)72-59(60(75)54-52-50-48-46-14-12-10-8-6-4-2)58-82-70-68(81)66(79)69(62(57-74)84-70)85-71-67(80)65(78)64(77)61(56-73)83-71/h5-8,11,13-14,16-17,19-20,22-23,25-26,28-29,31-32,34-35,37-38,40-41,46,52,54,59-62,64-71,73-75,77-81H,3-4,9-10,12,15,18,21,24,27,30,33,36,39,42-45,47-51,53,55-58H2,1-2H3,(H,72,76)/b7-5-,8-6+,13-11-,17-16-,20-19-,23-22-,26-25-,29-28-,32-31-,35-34-,38-37-,41-40-,46-14+,54-52+. The average molecular weight is 1190 g/mol. The highest BCUT2D eigenvalue weighted by atomic mass is 16.7. The van der Waals surface area contributed by atoms with Gasteiger partial charge in [-0.25, -0.2) is 0 Å². The maximum atomic E-state index is 13.2. The molecule has 14 heteroatoms. The molecule has 0 saturated carbocycles. The summed E-state index contributed by atoms with van der Waals surface area (Å²) < 4.78 is 22.7. The van der Waals surface area contributed by atoms with Crippen LogP contribution in [-0.2, 0) is 23.7 Å². The molecule has 0 aromatic rings. The molecule has 12 unspecified atom stereocenters. The molecule has 478 valence electrons. The van der Waals surface area contributed by atoms with E-state index in [2.05, 4.69) is 177 Å². The number of allylic oxidation sites excluding steroid dienone is 27. The Labute approximate surface area is 511 Å². The van der Waals surface area contributed by atoms with Crippen LogP contribution in [0.15, 0.2) is 170 Å². The van der Waals surface area contributed by atoms with E-state index in [1.54, 1.807) is 6.08 Å². The van der Waals surface area contributed by atoms with E-state index in [1.807, 2.05) is 6.08 Å². The fraction of sp³-hybridized carbons (Fsp3) is 0.592. The number of carbonyl (C=O) groups excluding carboxylic acids is 1. The number of aliphatic hydroxyl groups is 8. The van der Waals surface area contributed by atoms with Gasteiger partial charge in [-0.15, -0.1) is 0 Å². The molecule has 12 atom stereocenters. The molecule has 0 bridgehead atoms. The van der Waals surface area contributed by atoms with Gasteiger partial charge in [-0.05, 0) is 122 Å². The SMILES string of the molecule is CC/C=C\C/C=C\C/C=C\C/C=C\C/C=C\C/C=C\C/C=C\C/C=C\C/C=C\C/C=C\C/C=C\CCCCCCCCCC(=O)NC(COC1OC(CO)C(OC2OC(CO)C(O)C(O)C2O)C(O)C1O)C(O)/C=C/CC/C=C/CC/C=C/CC. The van der Waals surface area contributed by atoms with Gasteiger partial charge >= 0.3 is 0 Å². The number of ether oxygens (including phenoxy) is 4. The Morgan fingerprint density at radius 2 is 0.788 bits per heavy atom. The van der Waals surface area contributed by atoms with E-state index in [-0.39, 0.29) is 18.9 Å². The average Bonchev–Trinajstić information content (AvgIpc) is 2.93. The van der Waals surface area contributed by atoms with E-state index in [0.29, 0.717) is 12.8 Å². The number of hydrogen-bond donors (Lipinski definition) is 9. The second-order valence-corrected chi connectivity index (χ2v) is 21.4. The van der Waals surface area contributed by atoms with Crippen LogP contribution in [0.5, 0.6) is 0 Å². The van der Waals surface area contributed by atoms with E-state index < -0.39 is 86.8 Å². The first-order chi connectivity index (χ1) is 41.6. The van der Waals surface area contributed by atoms with Crippen molar-refractivity contribution in [2.75, 3.05) is 19.8 Å². The van der Waals surface area contributed by atoms with Crippen molar-refractivity contribution in [3.8, 4) is 0 Å². The molecular weight excluding hydrogens is 1070 g/mol. The third-order valence-corrected chi connectivity index (χ3v) is 14.1. The molecule has 2 fully saturated rings. The highest BCUT2D eigenvalue weighted by Crippen LogP contribution is 2.30. The molecule has 0 aliphatic carbocycles. The third-order valence-electron chi connectivity index (χ3n) is 14.1. The van der Waals surface area contributed by atoms with E-state index in [0.717, 1.165) is 141 Å². The van der Waals surface area contributed by atoms with Gasteiger partial charge in [0.05, 0.1) is 32.0 Å². The lowest BCUT2D eigenvalue weighted by molar-refractivity contribution is -0.359. The lowest BCUT2D eigenvalue weighted by Crippen LogP contribution is -2.65. The van der Waals surface area contributed by atoms with Gasteiger partial charge < -0.3 is 65.1 Å². The van der Waals surface area contributed by atoms with Gasteiger partial charge in [-0.3, -0.25) is 4.79 Å². The van der Waals surface area contributed by atoms with Gasteiger partial charge in [-0.1, -0.05) is 216 Å². The van der Waals surface area contributed by atoms with Crippen molar-refractivity contribution in [3.63, 3.8) is 0 Å². The Morgan fingerprint density at radius 1 is 0.424 bits per heavy atom. The zero-order chi connectivity index (χ0) is 61.6. The summed E-state index contributed by atoms with van der Waals surface area (Å²) >= 11 is 0. The van der Waals surface area contributed by atoms with Crippen LogP contribution < -0.4 is 5.32 Å². The zero-order valence-electron chi connectivity index (χ0n) is 51.5. The number of unbranched alkanes of at least 4 members (excludes halogenated alkanes) is 9. The largest absolute Gasteiger partial charge is 0.394 e.